The second-order valence-electron chi connectivity index (χ2n) is 3.24. The topological polar surface area (TPSA) is 59.1 Å². The molecule has 0 bridgehead atoms. The zero-order chi connectivity index (χ0) is 10.2. The van der Waals surface area contributed by atoms with E-state index in [0.717, 1.165) is 12.3 Å². The number of sulfonamides is 1. The van der Waals surface area contributed by atoms with E-state index < -0.39 is 15.8 Å². The van der Waals surface area contributed by atoms with Gasteiger partial charge in [-0.15, -0.1) is 0 Å². The van der Waals surface area contributed by atoms with Crippen molar-refractivity contribution in [1.82, 2.24) is 4.98 Å². The summed E-state index contributed by atoms with van der Waals surface area (Å²) in [5.41, 5.74) is 0.178. The Morgan fingerprint density at radius 1 is 1.43 bits per heavy atom. The molecule has 1 aliphatic carbocycles. The van der Waals surface area contributed by atoms with Gasteiger partial charge in [0.15, 0.2) is 0 Å². The Bertz CT molecular complexity index is 442. The maximum absolute atomic E-state index is 12.7. The Hall–Kier alpha value is -1.17. The van der Waals surface area contributed by atoms with E-state index in [4.69, 9.17) is 0 Å². The van der Waals surface area contributed by atoms with Crippen molar-refractivity contribution in [1.29, 1.82) is 0 Å². The highest BCUT2D eigenvalue weighted by molar-refractivity contribution is 7.93. The van der Waals surface area contributed by atoms with E-state index in [0.29, 0.717) is 12.8 Å². The third kappa shape index (κ3) is 2.01. The van der Waals surface area contributed by atoms with Crippen molar-refractivity contribution < 1.29 is 12.8 Å². The van der Waals surface area contributed by atoms with E-state index in [9.17, 15) is 12.8 Å². The first kappa shape index (κ1) is 9.39. The second-order valence-corrected chi connectivity index (χ2v) is 5.20. The van der Waals surface area contributed by atoms with Crippen LogP contribution in [0, 0.1) is 5.82 Å². The van der Waals surface area contributed by atoms with Crippen molar-refractivity contribution >= 4 is 15.7 Å². The van der Waals surface area contributed by atoms with Crippen LogP contribution in [-0.2, 0) is 10.0 Å². The van der Waals surface area contributed by atoms with Crippen molar-refractivity contribution in [3.05, 3.63) is 24.3 Å². The molecule has 14 heavy (non-hydrogen) atoms. The number of anilines is 1. The molecule has 0 spiro atoms. The minimum Gasteiger partial charge on any atom is -0.282 e. The van der Waals surface area contributed by atoms with Gasteiger partial charge in [0.2, 0.25) is 10.0 Å². The number of halogens is 1. The molecule has 1 aliphatic rings. The van der Waals surface area contributed by atoms with Crippen molar-refractivity contribution in [2.75, 3.05) is 4.72 Å². The number of aromatic nitrogens is 1. The standard InChI is InChI=1S/C8H9FN2O2S/c9-6-3-7(5-10-4-6)11-14(12,13)8-1-2-8/h3-5,8,11H,1-2H2. The van der Waals surface area contributed by atoms with Gasteiger partial charge >= 0.3 is 0 Å². The fourth-order valence-electron chi connectivity index (χ4n) is 1.09. The smallest absolute Gasteiger partial charge is 0.235 e. The average molecular weight is 216 g/mol. The van der Waals surface area contributed by atoms with Gasteiger partial charge in [0.1, 0.15) is 5.82 Å². The molecule has 0 aliphatic heterocycles. The van der Waals surface area contributed by atoms with Crippen LogP contribution in [0.2, 0.25) is 0 Å². The lowest BCUT2D eigenvalue weighted by molar-refractivity contribution is 0.599. The highest BCUT2D eigenvalue weighted by Crippen LogP contribution is 2.29. The minimum atomic E-state index is -3.31. The molecular weight excluding hydrogens is 207 g/mol. The van der Waals surface area contributed by atoms with Gasteiger partial charge in [0, 0.05) is 6.07 Å². The average Bonchev–Trinajstić information content (AvgIpc) is 2.84. The van der Waals surface area contributed by atoms with Crippen LogP contribution < -0.4 is 4.72 Å². The molecule has 0 saturated heterocycles. The van der Waals surface area contributed by atoms with Crippen molar-refractivity contribution in [3.8, 4) is 0 Å². The van der Waals surface area contributed by atoms with Crippen molar-refractivity contribution in [2.24, 2.45) is 0 Å². The summed E-state index contributed by atoms with van der Waals surface area (Å²) >= 11 is 0. The summed E-state index contributed by atoms with van der Waals surface area (Å²) < 4.78 is 37.8. The molecule has 2 rings (SSSR count). The van der Waals surface area contributed by atoms with Crippen molar-refractivity contribution in [2.45, 2.75) is 18.1 Å². The molecule has 4 nitrogen and oxygen atoms in total. The lowest BCUT2D eigenvalue weighted by atomic mass is 10.4. The third-order valence-corrected chi connectivity index (χ3v) is 3.80. The number of hydrogen-bond acceptors (Lipinski definition) is 3. The number of pyridine rings is 1. The number of nitrogens with zero attached hydrogens (tertiary/aromatic N) is 1. The molecule has 0 radical (unpaired) electrons. The summed E-state index contributed by atoms with van der Waals surface area (Å²) in [5.74, 6) is -0.555. The summed E-state index contributed by atoms with van der Waals surface area (Å²) in [6, 6.07) is 1.10. The van der Waals surface area contributed by atoms with E-state index in [2.05, 4.69) is 9.71 Å². The quantitative estimate of drug-likeness (QED) is 0.823. The number of nitrogens with one attached hydrogen (secondary N) is 1. The van der Waals surface area contributed by atoms with Crippen LogP contribution in [0.3, 0.4) is 0 Å². The first-order chi connectivity index (χ1) is 6.58. The molecule has 1 fully saturated rings. The van der Waals surface area contributed by atoms with E-state index >= 15 is 0 Å². The summed E-state index contributed by atoms with van der Waals surface area (Å²) in [5, 5.41) is -0.314. The molecule has 0 unspecified atom stereocenters. The van der Waals surface area contributed by atoms with Crippen LogP contribution in [0.5, 0.6) is 0 Å². The van der Waals surface area contributed by atoms with Crippen molar-refractivity contribution in [3.63, 3.8) is 0 Å². The van der Waals surface area contributed by atoms with E-state index in [1.165, 1.54) is 6.20 Å². The minimum absolute atomic E-state index is 0.178. The zero-order valence-electron chi connectivity index (χ0n) is 7.27. The van der Waals surface area contributed by atoms with Gasteiger partial charge in [0.05, 0.1) is 23.3 Å². The monoisotopic (exact) mass is 216 g/mol. The highest BCUT2D eigenvalue weighted by atomic mass is 32.2. The molecule has 1 aromatic rings. The number of hydrogen-bond donors (Lipinski definition) is 1. The van der Waals surface area contributed by atoms with Crippen LogP contribution in [0.4, 0.5) is 10.1 Å². The fraction of sp³-hybridized carbons (Fsp3) is 0.375. The normalized spacial score (nSPS) is 16.6. The van der Waals surface area contributed by atoms with Gasteiger partial charge in [-0.2, -0.15) is 0 Å². The predicted molar refractivity (Wildman–Crippen MR) is 49.8 cm³/mol. The molecule has 6 heteroatoms. The summed E-state index contributed by atoms with van der Waals surface area (Å²) in [7, 11) is -3.31. The predicted octanol–water partition coefficient (Wildman–Crippen LogP) is 1.12. The molecular formula is C8H9FN2O2S. The van der Waals surface area contributed by atoms with E-state index in [-0.39, 0.29) is 10.9 Å². The summed E-state index contributed by atoms with van der Waals surface area (Å²) in [4.78, 5) is 3.55. The first-order valence-electron chi connectivity index (χ1n) is 4.20. The lowest BCUT2D eigenvalue weighted by Gasteiger charge is -2.05. The van der Waals surface area contributed by atoms with Crippen LogP contribution >= 0.6 is 0 Å². The molecule has 76 valence electrons. The van der Waals surface area contributed by atoms with Crippen LogP contribution in [0.1, 0.15) is 12.8 Å². The Labute approximate surface area is 81.2 Å². The molecule has 1 N–H and O–H groups in total. The van der Waals surface area contributed by atoms with E-state index in [1.54, 1.807) is 0 Å². The van der Waals surface area contributed by atoms with E-state index in [1.807, 2.05) is 0 Å². The van der Waals surface area contributed by atoms with Gasteiger partial charge in [0.25, 0.3) is 0 Å². The second kappa shape index (κ2) is 3.20. The molecule has 1 saturated carbocycles. The maximum Gasteiger partial charge on any atom is 0.235 e. The van der Waals surface area contributed by atoms with Gasteiger partial charge < -0.3 is 0 Å². The van der Waals surface area contributed by atoms with Gasteiger partial charge in [-0.05, 0) is 12.8 Å². The highest BCUT2D eigenvalue weighted by Gasteiger charge is 2.35. The lowest BCUT2D eigenvalue weighted by Crippen LogP contribution is -2.17. The molecule has 0 amide bonds. The Morgan fingerprint density at radius 2 is 2.14 bits per heavy atom. The van der Waals surface area contributed by atoms with Crippen LogP contribution in [-0.4, -0.2) is 18.7 Å². The van der Waals surface area contributed by atoms with Crippen LogP contribution in [0.25, 0.3) is 0 Å². The Morgan fingerprint density at radius 3 is 2.71 bits per heavy atom. The van der Waals surface area contributed by atoms with Gasteiger partial charge in [-0.1, -0.05) is 0 Å². The summed E-state index contributed by atoms with van der Waals surface area (Å²) in [6.07, 6.45) is 3.66. The maximum atomic E-state index is 12.7. The molecule has 1 heterocycles. The van der Waals surface area contributed by atoms with Gasteiger partial charge in [-0.3, -0.25) is 9.71 Å². The van der Waals surface area contributed by atoms with Gasteiger partial charge in [-0.25, -0.2) is 12.8 Å². The molecule has 0 aromatic carbocycles. The largest absolute Gasteiger partial charge is 0.282 e. The van der Waals surface area contributed by atoms with Crippen LogP contribution in [0.15, 0.2) is 18.5 Å². The molecule has 1 aromatic heterocycles. The fourth-order valence-corrected chi connectivity index (χ4v) is 2.46. The third-order valence-electron chi connectivity index (χ3n) is 1.93. The number of rotatable bonds is 3. The Balaban J connectivity index is 2.18. The zero-order valence-corrected chi connectivity index (χ0v) is 8.09. The first-order valence-corrected chi connectivity index (χ1v) is 5.75. The Kier molecular flexibility index (Phi) is 2.14. The SMILES string of the molecule is O=S(=O)(Nc1cncc(F)c1)C1CC1. The summed E-state index contributed by atoms with van der Waals surface area (Å²) in [6.45, 7) is 0. The molecule has 0 atom stereocenters.